The number of furan rings is 3. The van der Waals surface area contributed by atoms with Gasteiger partial charge in [0, 0.05) is 84.6 Å². The molecule has 0 aliphatic heterocycles. The number of fused-ring (bicyclic) bond motifs is 10. The molecule has 0 amide bonds. The van der Waals surface area contributed by atoms with Gasteiger partial charge in [-0.15, -0.1) is 0 Å². The van der Waals surface area contributed by atoms with Crippen molar-refractivity contribution in [1.29, 1.82) is 0 Å². The summed E-state index contributed by atoms with van der Waals surface area (Å²) in [5, 5.41) is 8.75. The van der Waals surface area contributed by atoms with Gasteiger partial charge in [-0.3, -0.25) is 0 Å². The van der Waals surface area contributed by atoms with Gasteiger partial charge in [0.05, 0.1) is 0 Å². The van der Waals surface area contributed by atoms with E-state index in [0.29, 0.717) is 0 Å². The van der Waals surface area contributed by atoms with E-state index in [-0.39, 0.29) is 0 Å². The molecule has 0 radical (unpaired) electrons. The van der Waals surface area contributed by atoms with Crippen LogP contribution in [0.5, 0.6) is 0 Å². The lowest BCUT2D eigenvalue weighted by atomic mass is 10.0. The molecule has 5 nitrogen and oxygen atoms in total. The van der Waals surface area contributed by atoms with Gasteiger partial charge in [0.15, 0.2) is 0 Å². The predicted octanol–water partition coefficient (Wildman–Crippen LogP) is 18.8. The Morgan fingerprint density at radius 1 is 0.203 bits per heavy atom. The van der Waals surface area contributed by atoms with Crippen LogP contribution in [0, 0.1) is 0 Å². The number of hydrogen-bond donors (Lipinski definition) is 0. The highest BCUT2D eigenvalue weighted by atomic mass is 16.3. The fourth-order valence-corrected chi connectivity index (χ4v) is 10.2. The number of rotatable bonds is 8. The first-order valence-corrected chi connectivity index (χ1v) is 23.3. The summed E-state index contributed by atoms with van der Waals surface area (Å²) in [7, 11) is 0. The second-order valence-electron chi connectivity index (χ2n) is 17.7. The fraction of sp³-hybridized carbons (Fsp3) is 0. The second kappa shape index (κ2) is 15.7. The molecule has 3 heterocycles. The molecule has 0 spiro atoms. The van der Waals surface area contributed by atoms with Gasteiger partial charge in [-0.2, -0.15) is 0 Å². The summed E-state index contributed by atoms with van der Waals surface area (Å²) in [6, 6.07) is 85.7. The SMILES string of the molecule is c1ccc(-c2ccc(N(c3ccc4cc5c(cc4c3)oc3cc(N(c4ccc(-c6ccccc6)cc4)c4ccc6c(c4)oc4ccccc46)ccc35)c3ccc4c(c3)oc3ccccc34)cc2)cc1. The molecule has 69 heavy (non-hydrogen) atoms. The average Bonchev–Trinajstić information content (AvgIpc) is 4.09. The van der Waals surface area contributed by atoms with E-state index in [0.717, 1.165) is 122 Å². The van der Waals surface area contributed by atoms with Gasteiger partial charge in [0.1, 0.15) is 33.5 Å². The first-order chi connectivity index (χ1) is 34.1. The van der Waals surface area contributed by atoms with Gasteiger partial charge in [0.2, 0.25) is 0 Å². The van der Waals surface area contributed by atoms with Crippen LogP contribution in [-0.2, 0) is 0 Å². The molecule has 0 bridgehead atoms. The van der Waals surface area contributed by atoms with E-state index in [1.807, 2.05) is 30.3 Å². The van der Waals surface area contributed by atoms with E-state index >= 15 is 0 Å². The van der Waals surface area contributed by atoms with Crippen LogP contribution in [0.25, 0.3) is 98.8 Å². The zero-order chi connectivity index (χ0) is 45.4. The molecule has 0 N–H and O–H groups in total. The molecular formula is C64H40N2O3. The summed E-state index contributed by atoms with van der Waals surface area (Å²) < 4.78 is 19.7. The molecule has 3 aromatic heterocycles. The highest BCUT2D eigenvalue weighted by molar-refractivity contribution is 6.12. The van der Waals surface area contributed by atoms with Crippen LogP contribution in [0.3, 0.4) is 0 Å². The Kier molecular flexibility index (Phi) is 8.83. The molecule has 0 atom stereocenters. The molecule has 0 fully saturated rings. The predicted molar refractivity (Wildman–Crippen MR) is 286 cm³/mol. The number of nitrogens with zero attached hydrogens (tertiary/aromatic N) is 2. The van der Waals surface area contributed by atoms with Crippen molar-refractivity contribution in [2.24, 2.45) is 0 Å². The van der Waals surface area contributed by atoms with E-state index in [1.165, 1.54) is 11.1 Å². The second-order valence-corrected chi connectivity index (χ2v) is 17.7. The number of hydrogen-bond acceptors (Lipinski definition) is 5. The monoisotopic (exact) mass is 884 g/mol. The lowest BCUT2D eigenvalue weighted by molar-refractivity contribution is 0.668. The van der Waals surface area contributed by atoms with Gasteiger partial charge in [-0.1, -0.05) is 127 Å². The van der Waals surface area contributed by atoms with Crippen molar-refractivity contribution in [1.82, 2.24) is 0 Å². The maximum atomic E-state index is 6.84. The third-order valence-corrected chi connectivity index (χ3v) is 13.6. The fourth-order valence-electron chi connectivity index (χ4n) is 10.2. The molecule has 324 valence electrons. The molecule has 14 aromatic rings. The van der Waals surface area contributed by atoms with Crippen LogP contribution in [0.15, 0.2) is 256 Å². The van der Waals surface area contributed by atoms with Crippen LogP contribution in [0.1, 0.15) is 0 Å². The van der Waals surface area contributed by atoms with Gasteiger partial charge in [0.25, 0.3) is 0 Å². The summed E-state index contributed by atoms with van der Waals surface area (Å²) in [6.07, 6.45) is 0. The zero-order valence-corrected chi connectivity index (χ0v) is 37.2. The Bertz CT molecular complexity index is 4040. The minimum atomic E-state index is 0.813. The molecular weight excluding hydrogens is 845 g/mol. The summed E-state index contributed by atoms with van der Waals surface area (Å²) in [5.74, 6) is 0. The summed E-state index contributed by atoms with van der Waals surface area (Å²) in [4.78, 5) is 4.58. The number of benzene rings is 11. The lowest BCUT2D eigenvalue weighted by Gasteiger charge is -2.26. The smallest absolute Gasteiger partial charge is 0.137 e. The first kappa shape index (κ1) is 38.9. The van der Waals surface area contributed by atoms with Crippen molar-refractivity contribution in [2.45, 2.75) is 0 Å². The molecule has 0 saturated heterocycles. The zero-order valence-electron chi connectivity index (χ0n) is 37.2. The maximum Gasteiger partial charge on any atom is 0.137 e. The van der Waals surface area contributed by atoms with Gasteiger partial charge in [-0.05, 0) is 130 Å². The van der Waals surface area contributed by atoms with Crippen LogP contribution >= 0.6 is 0 Å². The Morgan fingerprint density at radius 2 is 0.551 bits per heavy atom. The minimum absolute atomic E-state index is 0.813. The average molecular weight is 885 g/mol. The topological polar surface area (TPSA) is 45.9 Å². The summed E-state index contributed by atoms with van der Waals surface area (Å²) >= 11 is 0. The highest BCUT2D eigenvalue weighted by Gasteiger charge is 2.20. The largest absolute Gasteiger partial charge is 0.456 e. The van der Waals surface area contributed by atoms with Crippen molar-refractivity contribution in [2.75, 3.05) is 9.80 Å². The highest BCUT2D eigenvalue weighted by Crippen LogP contribution is 2.44. The normalized spacial score (nSPS) is 11.8. The first-order valence-electron chi connectivity index (χ1n) is 23.3. The van der Waals surface area contributed by atoms with E-state index in [9.17, 15) is 0 Å². The maximum absolute atomic E-state index is 6.84. The van der Waals surface area contributed by atoms with Crippen molar-refractivity contribution < 1.29 is 13.3 Å². The van der Waals surface area contributed by atoms with E-state index in [1.54, 1.807) is 0 Å². The summed E-state index contributed by atoms with van der Waals surface area (Å²) in [6.45, 7) is 0. The molecule has 5 heteroatoms. The number of anilines is 6. The van der Waals surface area contributed by atoms with Gasteiger partial charge >= 0.3 is 0 Å². The van der Waals surface area contributed by atoms with Gasteiger partial charge < -0.3 is 23.1 Å². The third-order valence-electron chi connectivity index (χ3n) is 13.6. The Morgan fingerprint density at radius 3 is 1.04 bits per heavy atom. The molecule has 14 rings (SSSR count). The van der Waals surface area contributed by atoms with E-state index in [4.69, 9.17) is 13.3 Å². The van der Waals surface area contributed by atoms with E-state index in [2.05, 4.69) is 222 Å². The molecule has 0 aliphatic carbocycles. The molecule has 11 aromatic carbocycles. The van der Waals surface area contributed by atoms with Gasteiger partial charge in [-0.25, -0.2) is 0 Å². The molecule has 0 saturated carbocycles. The Hall–Kier alpha value is -9.32. The summed E-state index contributed by atoms with van der Waals surface area (Å²) in [5.41, 5.74) is 15.8. The van der Waals surface area contributed by atoms with Crippen molar-refractivity contribution in [3.8, 4) is 22.3 Å². The lowest BCUT2D eigenvalue weighted by Crippen LogP contribution is -2.09. The van der Waals surface area contributed by atoms with E-state index < -0.39 is 0 Å². The van der Waals surface area contributed by atoms with Crippen molar-refractivity contribution >= 4 is 111 Å². The minimum Gasteiger partial charge on any atom is -0.456 e. The van der Waals surface area contributed by atoms with Crippen LogP contribution in [-0.4, -0.2) is 0 Å². The standard InChI is InChI=1S/C64H40N2O3/c1-3-11-41(12-4-1)43-19-24-47(25-20-43)65(50-29-32-55-53-15-7-9-17-59(53)67-62(55)38-50)49-28-23-45-36-58-57-34-31-52(40-64(57)69-61(58)37-46(45)35-49)66(48-26-21-44(22-27-48)42-13-5-2-6-14-42)51-30-33-56-54-16-8-10-18-60(54)68-63(56)39-51/h1-40H. The van der Waals surface area contributed by atoms with Crippen LogP contribution in [0.4, 0.5) is 34.1 Å². The Balaban J connectivity index is 0.876. The van der Waals surface area contributed by atoms with Crippen molar-refractivity contribution in [3.05, 3.63) is 243 Å². The third kappa shape index (κ3) is 6.63. The Labute approximate surface area is 396 Å². The molecule has 0 aliphatic rings. The van der Waals surface area contributed by atoms with Crippen LogP contribution < -0.4 is 9.80 Å². The molecule has 0 unspecified atom stereocenters. The van der Waals surface area contributed by atoms with Crippen molar-refractivity contribution in [3.63, 3.8) is 0 Å². The van der Waals surface area contributed by atoms with Crippen LogP contribution in [0.2, 0.25) is 0 Å². The quantitative estimate of drug-likeness (QED) is 0.152. The number of para-hydroxylation sites is 2.